The lowest BCUT2D eigenvalue weighted by molar-refractivity contribution is 0.0695. The molecule has 0 atom stereocenters. The topological polar surface area (TPSA) is 78.9 Å². The van der Waals surface area contributed by atoms with Gasteiger partial charge in [0.05, 0.1) is 12.2 Å². The van der Waals surface area contributed by atoms with E-state index in [1.54, 1.807) is 38.4 Å². The Bertz CT molecular complexity index is 462. The van der Waals surface area contributed by atoms with E-state index >= 15 is 0 Å². The van der Waals surface area contributed by atoms with Crippen LogP contribution in [0, 0.1) is 0 Å². The number of nitrogens with one attached hydrogen (secondary N) is 1. The normalized spacial score (nSPS) is 10.1. The molecule has 0 heterocycles. The number of nitrogens with zero attached hydrogens (tertiary/aromatic N) is 1. The van der Waals surface area contributed by atoms with Crippen LogP contribution in [0.15, 0.2) is 24.3 Å². The second kappa shape index (κ2) is 8.16. The Kier molecular flexibility index (Phi) is 6.52. The maximum absolute atomic E-state index is 11.7. The molecular weight excluding hydrogens is 260 g/mol. The van der Waals surface area contributed by atoms with Gasteiger partial charge in [-0.2, -0.15) is 0 Å². The summed E-state index contributed by atoms with van der Waals surface area (Å²) in [5, 5.41) is 11.8. The molecule has 0 radical (unpaired) electrons. The number of methoxy groups -OCH3 is 1. The number of benzene rings is 1. The smallest absolute Gasteiger partial charge is 0.335 e. The Morgan fingerprint density at radius 1 is 1.35 bits per heavy atom. The minimum Gasteiger partial charge on any atom is -0.478 e. The maximum Gasteiger partial charge on any atom is 0.335 e. The van der Waals surface area contributed by atoms with Crippen LogP contribution in [-0.2, 0) is 11.2 Å². The lowest BCUT2D eigenvalue weighted by Crippen LogP contribution is -2.39. The number of carboxylic acid groups (broad SMARTS) is 1. The van der Waals surface area contributed by atoms with Gasteiger partial charge in [0.2, 0.25) is 0 Å². The predicted octanol–water partition coefficient (Wildman–Crippen LogP) is 1.22. The zero-order valence-corrected chi connectivity index (χ0v) is 11.8. The van der Waals surface area contributed by atoms with Gasteiger partial charge in [0, 0.05) is 27.2 Å². The van der Waals surface area contributed by atoms with E-state index < -0.39 is 5.97 Å². The molecule has 0 aliphatic heterocycles. The third kappa shape index (κ3) is 4.89. The van der Waals surface area contributed by atoms with Crippen molar-refractivity contribution in [3.63, 3.8) is 0 Å². The average Bonchev–Trinajstić information content (AvgIpc) is 2.44. The molecule has 1 rings (SSSR count). The van der Waals surface area contributed by atoms with Gasteiger partial charge in [0.25, 0.3) is 0 Å². The Morgan fingerprint density at radius 3 is 2.70 bits per heavy atom. The number of rotatable bonds is 7. The third-order valence-corrected chi connectivity index (χ3v) is 2.90. The fourth-order valence-corrected chi connectivity index (χ4v) is 1.72. The number of carbonyl (C=O) groups excluding carboxylic acids is 1. The van der Waals surface area contributed by atoms with Gasteiger partial charge in [0.1, 0.15) is 0 Å². The molecule has 20 heavy (non-hydrogen) atoms. The predicted molar refractivity (Wildman–Crippen MR) is 75.0 cm³/mol. The molecule has 0 saturated carbocycles. The number of ether oxygens (including phenoxy) is 1. The first-order valence-electron chi connectivity index (χ1n) is 6.35. The highest BCUT2D eigenvalue weighted by atomic mass is 16.5. The van der Waals surface area contributed by atoms with Crippen molar-refractivity contribution in [3.8, 4) is 0 Å². The number of aromatic carboxylic acids is 1. The van der Waals surface area contributed by atoms with Crippen LogP contribution >= 0.6 is 0 Å². The summed E-state index contributed by atoms with van der Waals surface area (Å²) < 4.78 is 4.89. The fourth-order valence-electron chi connectivity index (χ4n) is 1.72. The first-order valence-corrected chi connectivity index (χ1v) is 6.35. The molecule has 2 N–H and O–H groups in total. The molecule has 0 bridgehead atoms. The summed E-state index contributed by atoms with van der Waals surface area (Å²) in [6.45, 7) is 1.38. The lowest BCUT2D eigenvalue weighted by Gasteiger charge is -2.17. The monoisotopic (exact) mass is 280 g/mol. The van der Waals surface area contributed by atoms with Crippen molar-refractivity contribution in [2.75, 3.05) is 33.9 Å². The van der Waals surface area contributed by atoms with Crippen LogP contribution in [-0.4, -0.2) is 55.9 Å². The van der Waals surface area contributed by atoms with Crippen molar-refractivity contribution < 1.29 is 19.4 Å². The van der Waals surface area contributed by atoms with Crippen molar-refractivity contribution in [2.45, 2.75) is 6.42 Å². The van der Waals surface area contributed by atoms with Crippen molar-refractivity contribution >= 4 is 12.0 Å². The van der Waals surface area contributed by atoms with Gasteiger partial charge in [-0.15, -0.1) is 0 Å². The van der Waals surface area contributed by atoms with Crippen LogP contribution in [0.3, 0.4) is 0 Å². The van der Waals surface area contributed by atoms with E-state index in [1.807, 2.05) is 0 Å². The van der Waals surface area contributed by atoms with Crippen molar-refractivity contribution in [1.29, 1.82) is 0 Å². The van der Waals surface area contributed by atoms with Crippen LogP contribution < -0.4 is 5.32 Å². The number of urea groups is 1. The summed E-state index contributed by atoms with van der Waals surface area (Å²) in [6.07, 6.45) is 0.479. The van der Waals surface area contributed by atoms with Gasteiger partial charge in [-0.25, -0.2) is 9.59 Å². The molecule has 0 aliphatic carbocycles. The third-order valence-electron chi connectivity index (χ3n) is 2.90. The zero-order valence-electron chi connectivity index (χ0n) is 11.8. The van der Waals surface area contributed by atoms with Crippen molar-refractivity contribution in [2.24, 2.45) is 0 Å². The largest absolute Gasteiger partial charge is 0.478 e. The van der Waals surface area contributed by atoms with E-state index in [1.165, 1.54) is 4.90 Å². The Labute approximate surface area is 118 Å². The Hall–Kier alpha value is -2.08. The molecule has 2 amide bonds. The van der Waals surface area contributed by atoms with Gasteiger partial charge in [0.15, 0.2) is 0 Å². The van der Waals surface area contributed by atoms with Crippen molar-refractivity contribution in [3.05, 3.63) is 35.4 Å². The molecule has 6 nitrogen and oxygen atoms in total. The highest BCUT2D eigenvalue weighted by molar-refractivity contribution is 5.89. The summed E-state index contributed by atoms with van der Waals surface area (Å²) in [4.78, 5) is 24.3. The van der Waals surface area contributed by atoms with Crippen LogP contribution in [0.25, 0.3) is 0 Å². The van der Waals surface area contributed by atoms with Gasteiger partial charge in [-0.05, 0) is 18.1 Å². The van der Waals surface area contributed by atoms with Crippen LogP contribution in [0.1, 0.15) is 15.9 Å². The van der Waals surface area contributed by atoms with E-state index in [0.29, 0.717) is 31.7 Å². The van der Waals surface area contributed by atoms with Gasteiger partial charge in [-0.3, -0.25) is 0 Å². The molecule has 0 saturated heterocycles. The second-order valence-electron chi connectivity index (χ2n) is 4.36. The molecule has 1 aromatic carbocycles. The molecule has 0 aliphatic rings. The van der Waals surface area contributed by atoms with E-state index in [0.717, 1.165) is 0 Å². The second-order valence-corrected chi connectivity index (χ2v) is 4.36. The van der Waals surface area contributed by atoms with Gasteiger partial charge in [-0.1, -0.05) is 18.2 Å². The fraction of sp³-hybridized carbons (Fsp3) is 0.429. The SMILES string of the molecule is COCCN(C)C(=O)NCCc1ccccc1C(=O)O. The molecule has 0 unspecified atom stereocenters. The molecule has 0 spiro atoms. The standard InChI is InChI=1S/C14H20N2O4/c1-16(9-10-20-2)14(19)15-8-7-11-5-3-4-6-12(11)13(17)18/h3-6H,7-10H2,1-2H3,(H,15,19)(H,17,18). The number of carboxylic acids is 1. The highest BCUT2D eigenvalue weighted by Crippen LogP contribution is 2.08. The quantitative estimate of drug-likeness (QED) is 0.787. The van der Waals surface area contributed by atoms with Gasteiger partial charge >= 0.3 is 12.0 Å². The van der Waals surface area contributed by atoms with Gasteiger partial charge < -0.3 is 20.1 Å². The highest BCUT2D eigenvalue weighted by Gasteiger charge is 2.10. The first kappa shape index (κ1) is 16.0. The molecule has 6 heteroatoms. The Morgan fingerprint density at radius 2 is 2.05 bits per heavy atom. The summed E-state index contributed by atoms with van der Waals surface area (Å²) in [5.41, 5.74) is 0.981. The number of hydrogen-bond acceptors (Lipinski definition) is 3. The number of likely N-dealkylation sites (N-methyl/N-ethyl adjacent to an activating group) is 1. The van der Waals surface area contributed by atoms with E-state index in [4.69, 9.17) is 9.84 Å². The molecular formula is C14H20N2O4. The number of hydrogen-bond donors (Lipinski definition) is 2. The van der Waals surface area contributed by atoms with Crippen molar-refractivity contribution in [1.82, 2.24) is 10.2 Å². The van der Waals surface area contributed by atoms with Crippen LogP contribution in [0.5, 0.6) is 0 Å². The van der Waals surface area contributed by atoms with Crippen LogP contribution in [0.4, 0.5) is 4.79 Å². The lowest BCUT2D eigenvalue weighted by atomic mass is 10.0. The minimum absolute atomic E-state index is 0.199. The average molecular weight is 280 g/mol. The summed E-state index contributed by atoms with van der Waals surface area (Å²) in [6, 6.07) is 6.59. The minimum atomic E-state index is -0.955. The van der Waals surface area contributed by atoms with E-state index in [9.17, 15) is 9.59 Å². The molecule has 0 fully saturated rings. The molecule has 0 aromatic heterocycles. The number of carbonyl (C=O) groups is 2. The maximum atomic E-state index is 11.7. The van der Waals surface area contributed by atoms with E-state index in [2.05, 4.69) is 5.32 Å². The Balaban J connectivity index is 2.45. The zero-order chi connectivity index (χ0) is 15.0. The number of amides is 2. The summed E-state index contributed by atoms with van der Waals surface area (Å²) >= 11 is 0. The first-order chi connectivity index (χ1) is 9.56. The molecule has 110 valence electrons. The summed E-state index contributed by atoms with van der Waals surface area (Å²) in [5.74, 6) is -0.955. The molecule has 1 aromatic rings. The van der Waals surface area contributed by atoms with Crippen LogP contribution in [0.2, 0.25) is 0 Å². The van der Waals surface area contributed by atoms with E-state index in [-0.39, 0.29) is 11.6 Å². The summed E-state index contributed by atoms with van der Waals surface area (Å²) in [7, 11) is 3.26.